The summed E-state index contributed by atoms with van der Waals surface area (Å²) < 4.78 is 5.05. The van der Waals surface area contributed by atoms with Gasteiger partial charge >= 0.3 is 0 Å². The third-order valence-electron chi connectivity index (χ3n) is 3.16. The third-order valence-corrected chi connectivity index (χ3v) is 3.16. The molecule has 1 aromatic heterocycles. The number of hydrogen-bond acceptors (Lipinski definition) is 3. The maximum Gasteiger partial charge on any atom is 0.219 e. The van der Waals surface area contributed by atoms with Gasteiger partial charge in [0.05, 0.1) is 12.5 Å². The molecule has 1 saturated heterocycles. The SMILES string of the molecule is CC(=O)N1CCC(NC(C)c2ccoc2)C1. The molecule has 4 heteroatoms. The Morgan fingerprint density at radius 3 is 3.06 bits per heavy atom. The van der Waals surface area contributed by atoms with Crippen molar-refractivity contribution in [2.45, 2.75) is 32.4 Å². The summed E-state index contributed by atoms with van der Waals surface area (Å²) in [5.41, 5.74) is 1.15. The summed E-state index contributed by atoms with van der Waals surface area (Å²) in [7, 11) is 0. The predicted octanol–water partition coefficient (Wildman–Crippen LogP) is 1.55. The van der Waals surface area contributed by atoms with Crippen molar-refractivity contribution in [3.63, 3.8) is 0 Å². The Labute approximate surface area is 95.6 Å². The molecule has 0 bridgehead atoms. The molecule has 88 valence electrons. The van der Waals surface area contributed by atoms with Crippen LogP contribution in [-0.4, -0.2) is 29.9 Å². The molecule has 1 aliphatic rings. The van der Waals surface area contributed by atoms with E-state index in [1.54, 1.807) is 19.5 Å². The number of carbonyl (C=O) groups excluding carboxylic acids is 1. The first-order valence-corrected chi connectivity index (χ1v) is 5.70. The first-order valence-electron chi connectivity index (χ1n) is 5.70. The average Bonchev–Trinajstić information content (AvgIpc) is 2.87. The van der Waals surface area contributed by atoms with E-state index in [2.05, 4.69) is 12.2 Å². The highest BCUT2D eigenvalue weighted by atomic mass is 16.3. The zero-order chi connectivity index (χ0) is 11.5. The van der Waals surface area contributed by atoms with Gasteiger partial charge in [0.25, 0.3) is 0 Å². The number of hydrogen-bond donors (Lipinski definition) is 1. The minimum atomic E-state index is 0.167. The van der Waals surface area contributed by atoms with Gasteiger partial charge in [-0.3, -0.25) is 4.79 Å². The fourth-order valence-electron chi connectivity index (χ4n) is 2.15. The van der Waals surface area contributed by atoms with Crippen molar-refractivity contribution in [1.82, 2.24) is 10.2 Å². The number of amides is 1. The molecule has 16 heavy (non-hydrogen) atoms. The van der Waals surface area contributed by atoms with E-state index >= 15 is 0 Å². The van der Waals surface area contributed by atoms with Crippen LogP contribution < -0.4 is 5.32 Å². The smallest absolute Gasteiger partial charge is 0.219 e. The standard InChI is InChI=1S/C12H18N2O2/c1-9(11-4-6-16-8-11)13-12-3-5-14(7-12)10(2)15/h4,6,8-9,12-13H,3,5,7H2,1-2H3. The van der Waals surface area contributed by atoms with E-state index in [1.807, 2.05) is 11.0 Å². The van der Waals surface area contributed by atoms with Crippen molar-refractivity contribution in [2.24, 2.45) is 0 Å². The first kappa shape index (κ1) is 11.2. The second kappa shape index (κ2) is 4.70. The van der Waals surface area contributed by atoms with Crippen LogP contribution in [0, 0.1) is 0 Å². The molecule has 0 spiro atoms. The summed E-state index contributed by atoms with van der Waals surface area (Å²) in [4.78, 5) is 13.1. The molecule has 4 nitrogen and oxygen atoms in total. The van der Waals surface area contributed by atoms with Crippen LogP contribution in [0.4, 0.5) is 0 Å². The maximum absolute atomic E-state index is 11.2. The highest BCUT2D eigenvalue weighted by molar-refractivity contribution is 5.73. The van der Waals surface area contributed by atoms with Gasteiger partial charge in [0.1, 0.15) is 0 Å². The highest BCUT2D eigenvalue weighted by Crippen LogP contribution is 2.17. The van der Waals surface area contributed by atoms with Crippen LogP contribution in [-0.2, 0) is 4.79 Å². The van der Waals surface area contributed by atoms with Crippen LogP contribution in [0.1, 0.15) is 31.9 Å². The quantitative estimate of drug-likeness (QED) is 0.844. The summed E-state index contributed by atoms with van der Waals surface area (Å²) in [6, 6.07) is 2.64. The van der Waals surface area contributed by atoms with Crippen molar-refractivity contribution < 1.29 is 9.21 Å². The lowest BCUT2D eigenvalue weighted by Gasteiger charge is -2.19. The second-order valence-corrected chi connectivity index (χ2v) is 4.40. The van der Waals surface area contributed by atoms with Crippen LogP contribution in [0.3, 0.4) is 0 Å². The van der Waals surface area contributed by atoms with E-state index in [-0.39, 0.29) is 11.9 Å². The van der Waals surface area contributed by atoms with Crippen molar-refractivity contribution in [3.8, 4) is 0 Å². The molecule has 0 saturated carbocycles. The van der Waals surface area contributed by atoms with Gasteiger partial charge in [-0.2, -0.15) is 0 Å². The van der Waals surface area contributed by atoms with Gasteiger partial charge in [-0.05, 0) is 19.4 Å². The van der Waals surface area contributed by atoms with E-state index in [0.29, 0.717) is 6.04 Å². The van der Waals surface area contributed by atoms with Gasteiger partial charge in [0.2, 0.25) is 5.91 Å². The molecule has 1 aromatic rings. The summed E-state index contributed by atoms with van der Waals surface area (Å²) in [6.07, 6.45) is 4.47. The molecule has 2 atom stereocenters. The van der Waals surface area contributed by atoms with Gasteiger partial charge < -0.3 is 14.6 Å². The van der Waals surface area contributed by atoms with Crippen molar-refractivity contribution in [1.29, 1.82) is 0 Å². The van der Waals surface area contributed by atoms with Crippen molar-refractivity contribution in [2.75, 3.05) is 13.1 Å². The lowest BCUT2D eigenvalue weighted by molar-refractivity contribution is -0.127. The Morgan fingerprint density at radius 1 is 1.69 bits per heavy atom. The van der Waals surface area contributed by atoms with E-state index in [9.17, 15) is 4.79 Å². The lowest BCUT2D eigenvalue weighted by Crippen LogP contribution is -2.35. The zero-order valence-electron chi connectivity index (χ0n) is 9.77. The van der Waals surface area contributed by atoms with Crippen molar-refractivity contribution in [3.05, 3.63) is 24.2 Å². The maximum atomic E-state index is 11.2. The van der Waals surface area contributed by atoms with Crippen LogP contribution >= 0.6 is 0 Å². The number of nitrogens with one attached hydrogen (secondary N) is 1. The van der Waals surface area contributed by atoms with Gasteiger partial charge in [-0.25, -0.2) is 0 Å². The molecular weight excluding hydrogens is 204 g/mol. The number of likely N-dealkylation sites (tertiary alicyclic amines) is 1. The minimum absolute atomic E-state index is 0.167. The largest absolute Gasteiger partial charge is 0.472 e. The van der Waals surface area contributed by atoms with E-state index in [0.717, 1.165) is 25.1 Å². The van der Waals surface area contributed by atoms with Gasteiger partial charge in [-0.1, -0.05) is 0 Å². The molecule has 0 aliphatic carbocycles. The minimum Gasteiger partial charge on any atom is -0.472 e. The van der Waals surface area contributed by atoms with Crippen LogP contribution in [0.25, 0.3) is 0 Å². The summed E-state index contributed by atoms with van der Waals surface area (Å²) in [5.74, 6) is 0.167. The van der Waals surface area contributed by atoms with Crippen molar-refractivity contribution >= 4 is 5.91 Å². The number of carbonyl (C=O) groups is 1. The highest BCUT2D eigenvalue weighted by Gasteiger charge is 2.25. The summed E-state index contributed by atoms with van der Waals surface area (Å²) in [6.45, 7) is 5.42. The molecule has 1 aliphatic heterocycles. The van der Waals surface area contributed by atoms with E-state index in [4.69, 9.17) is 4.42 Å². The summed E-state index contributed by atoms with van der Waals surface area (Å²) >= 11 is 0. The Kier molecular flexibility index (Phi) is 3.29. The van der Waals surface area contributed by atoms with Crippen LogP contribution in [0.15, 0.2) is 23.0 Å². The molecule has 2 heterocycles. The second-order valence-electron chi connectivity index (χ2n) is 4.40. The Morgan fingerprint density at radius 2 is 2.50 bits per heavy atom. The fraction of sp³-hybridized carbons (Fsp3) is 0.583. The molecule has 2 rings (SSSR count). The van der Waals surface area contributed by atoms with E-state index < -0.39 is 0 Å². The number of furan rings is 1. The predicted molar refractivity (Wildman–Crippen MR) is 60.9 cm³/mol. The van der Waals surface area contributed by atoms with Gasteiger partial charge in [0.15, 0.2) is 0 Å². The van der Waals surface area contributed by atoms with Gasteiger partial charge in [-0.15, -0.1) is 0 Å². The fourth-order valence-corrected chi connectivity index (χ4v) is 2.15. The Hall–Kier alpha value is -1.29. The average molecular weight is 222 g/mol. The topological polar surface area (TPSA) is 45.5 Å². The monoisotopic (exact) mass is 222 g/mol. The molecule has 1 N–H and O–H groups in total. The number of rotatable bonds is 3. The molecule has 1 amide bonds. The normalized spacial score (nSPS) is 22.4. The Bertz CT molecular complexity index is 348. The molecular formula is C12H18N2O2. The Balaban J connectivity index is 1.85. The van der Waals surface area contributed by atoms with Crippen LogP contribution in [0.5, 0.6) is 0 Å². The molecule has 2 unspecified atom stereocenters. The molecule has 0 aromatic carbocycles. The molecule has 1 fully saturated rings. The molecule has 0 radical (unpaired) electrons. The van der Waals surface area contributed by atoms with Crippen LogP contribution in [0.2, 0.25) is 0 Å². The zero-order valence-corrected chi connectivity index (χ0v) is 9.77. The first-order chi connectivity index (χ1) is 7.66. The third kappa shape index (κ3) is 2.44. The number of nitrogens with zero attached hydrogens (tertiary/aromatic N) is 1. The lowest BCUT2D eigenvalue weighted by atomic mass is 10.1. The van der Waals surface area contributed by atoms with Gasteiger partial charge in [0, 0.05) is 37.7 Å². The summed E-state index contributed by atoms with van der Waals surface area (Å²) in [5, 5.41) is 3.51. The van der Waals surface area contributed by atoms with E-state index in [1.165, 1.54) is 0 Å².